The summed E-state index contributed by atoms with van der Waals surface area (Å²) in [6, 6.07) is 3.58. The van der Waals surface area contributed by atoms with Crippen molar-refractivity contribution in [1.82, 2.24) is 5.32 Å². The van der Waals surface area contributed by atoms with Crippen LogP contribution in [0.1, 0.15) is 5.56 Å². The minimum absolute atomic E-state index is 0.117. The first-order valence-electron chi connectivity index (χ1n) is 4.40. The van der Waals surface area contributed by atoms with Crippen molar-refractivity contribution in [2.45, 2.75) is 0 Å². The van der Waals surface area contributed by atoms with Crippen molar-refractivity contribution in [3.63, 3.8) is 0 Å². The van der Waals surface area contributed by atoms with Gasteiger partial charge in [-0.2, -0.15) is 0 Å². The van der Waals surface area contributed by atoms with E-state index in [2.05, 4.69) is 27.9 Å². The summed E-state index contributed by atoms with van der Waals surface area (Å²) in [7, 11) is 0. The average Bonchev–Trinajstić information content (AvgIpc) is 2.53. The molecule has 0 radical (unpaired) electrons. The molecule has 0 aromatic heterocycles. The standard InChI is InChI=1S/C10H5I2NO3S/c11-5-1-4(8(14)6(12)3-5)2-7-9(15)13-10(16)17-7/h1-3,14H,(H,13,15,16)/b7-2+. The van der Waals surface area contributed by atoms with Gasteiger partial charge in [-0.05, 0) is 75.2 Å². The van der Waals surface area contributed by atoms with Gasteiger partial charge in [-0.1, -0.05) is 0 Å². The molecular formula is C10H5I2NO3S. The Morgan fingerprint density at radius 2 is 2.00 bits per heavy atom. The minimum atomic E-state index is -0.423. The van der Waals surface area contributed by atoms with Crippen LogP contribution < -0.4 is 5.32 Å². The Kier molecular flexibility index (Phi) is 3.98. The Morgan fingerprint density at radius 1 is 1.29 bits per heavy atom. The number of carbonyl (C=O) groups is 2. The summed E-state index contributed by atoms with van der Waals surface area (Å²) < 4.78 is 1.66. The number of rotatable bonds is 1. The van der Waals surface area contributed by atoms with Crippen molar-refractivity contribution in [2.75, 3.05) is 0 Å². The summed E-state index contributed by atoms with van der Waals surface area (Å²) in [5.41, 5.74) is 0.536. The van der Waals surface area contributed by atoms with Crippen molar-refractivity contribution in [1.29, 1.82) is 0 Å². The van der Waals surface area contributed by atoms with Gasteiger partial charge in [0.25, 0.3) is 11.1 Å². The lowest BCUT2D eigenvalue weighted by Crippen LogP contribution is -2.17. The lowest BCUT2D eigenvalue weighted by molar-refractivity contribution is -0.115. The number of hydrogen-bond acceptors (Lipinski definition) is 4. The second-order valence-electron chi connectivity index (χ2n) is 3.18. The maximum atomic E-state index is 11.4. The molecule has 1 aromatic carbocycles. The molecule has 1 aromatic rings. The number of amides is 2. The van der Waals surface area contributed by atoms with Crippen LogP contribution in [0, 0.1) is 7.14 Å². The van der Waals surface area contributed by atoms with E-state index >= 15 is 0 Å². The summed E-state index contributed by atoms with van der Waals surface area (Å²) in [6.07, 6.45) is 1.52. The van der Waals surface area contributed by atoms with Crippen molar-refractivity contribution >= 4 is 74.2 Å². The number of carbonyl (C=O) groups excluding carboxylic acids is 2. The lowest BCUT2D eigenvalue weighted by Gasteiger charge is -2.03. The third kappa shape index (κ3) is 2.94. The third-order valence-corrected chi connectivity index (χ3v) is 4.24. The predicted octanol–water partition coefficient (Wildman–Crippen LogP) is 2.93. The van der Waals surface area contributed by atoms with Gasteiger partial charge in [-0.3, -0.25) is 14.9 Å². The molecule has 0 bridgehead atoms. The van der Waals surface area contributed by atoms with Gasteiger partial charge >= 0.3 is 0 Å². The topological polar surface area (TPSA) is 66.4 Å². The molecule has 0 saturated carbocycles. The van der Waals surface area contributed by atoms with Crippen LogP contribution in [0.4, 0.5) is 4.79 Å². The van der Waals surface area contributed by atoms with Crippen molar-refractivity contribution < 1.29 is 14.7 Å². The zero-order valence-corrected chi connectivity index (χ0v) is 13.3. The molecule has 1 aliphatic heterocycles. The van der Waals surface area contributed by atoms with Crippen LogP contribution in [-0.4, -0.2) is 16.3 Å². The van der Waals surface area contributed by atoms with E-state index < -0.39 is 5.91 Å². The van der Waals surface area contributed by atoms with E-state index in [0.29, 0.717) is 14.0 Å². The van der Waals surface area contributed by atoms with Crippen molar-refractivity contribution in [3.05, 3.63) is 29.7 Å². The fourth-order valence-electron chi connectivity index (χ4n) is 1.26. The maximum Gasteiger partial charge on any atom is 0.290 e. The summed E-state index contributed by atoms with van der Waals surface area (Å²) in [4.78, 5) is 22.7. The molecule has 7 heteroatoms. The van der Waals surface area contributed by atoms with E-state index in [0.717, 1.165) is 15.3 Å². The average molecular weight is 473 g/mol. The fraction of sp³-hybridized carbons (Fsp3) is 0. The number of imide groups is 1. The molecule has 2 amide bonds. The van der Waals surface area contributed by atoms with Gasteiger partial charge in [-0.15, -0.1) is 0 Å². The van der Waals surface area contributed by atoms with Gasteiger partial charge < -0.3 is 5.11 Å². The molecule has 88 valence electrons. The molecule has 0 atom stereocenters. The molecule has 4 nitrogen and oxygen atoms in total. The van der Waals surface area contributed by atoms with E-state index in [1.165, 1.54) is 6.08 Å². The molecule has 1 fully saturated rings. The number of thioether (sulfide) groups is 1. The first kappa shape index (κ1) is 13.1. The molecule has 2 rings (SSSR count). The normalized spacial score (nSPS) is 17.6. The largest absolute Gasteiger partial charge is 0.506 e. The van der Waals surface area contributed by atoms with Crippen LogP contribution in [0.25, 0.3) is 6.08 Å². The highest BCUT2D eigenvalue weighted by atomic mass is 127. The van der Waals surface area contributed by atoms with Gasteiger partial charge in [0.05, 0.1) is 8.48 Å². The van der Waals surface area contributed by atoms with Crippen LogP contribution in [-0.2, 0) is 4.79 Å². The highest BCUT2D eigenvalue weighted by Crippen LogP contribution is 2.32. The minimum Gasteiger partial charge on any atom is -0.506 e. The van der Waals surface area contributed by atoms with Gasteiger partial charge in [0.1, 0.15) is 5.75 Å². The molecule has 1 heterocycles. The highest BCUT2D eigenvalue weighted by molar-refractivity contribution is 14.1. The van der Waals surface area contributed by atoms with Crippen LogP contribution in [0.15, 0.2) is 17.0 Å². The van der Waals surface area contributed by atoms with Crippen molar-refractivity contribution in [2.24, 2.45) is 0 Å². The Morgan fingerprint density at radius 3 is 2.59 bits per heavy atom. The molecule has 2 N–H and O–H groups in total. The summed E-state index contributed by atoms with van der Waals surface area (Å²) in [6.45, 7) is 0. The SMILES string of the molecule is O=C1NC(=O)/C(=C\c2cc(I)cc(I)c2O)S1. The zero-order valence-electron chi connectivity index (χ0n) is 8.16. The number of phenolic OH excluding ortho intramolecular Hbond substituents is 1. The molecule has 1 aliphatic rings. The molecule has 1 saturated heterocycles. The summed E-state index contributed by atoms with van der Waals surface area (Å²) in [5, 5.41) is 11.6. The molecule has 0 spiro atoms. The Hall–Kier alpha value is -0.290. The molecule has 0 aliphatic carbocycles. The second kappa shape index (κ2) is 5.14. The number of aromatic hydroxyl groups is 1. The van der Waals surface area contributed by atoms with Gasteiger partial charge in [0, 0.05) is 9.13 Å². The maximum absolute atomic E-state index is 11.4. The smallest absolute Gasteiger partial charge is 0.290 e. The second-order valence-corrected chi connectivity index (χ2v) is 6.60. The Balaban J connectivity index is 2.46. The number of halogens is 2. The van der Waals surface area contributed by atoms with E-state index in [-0.39, 0.29) is 11.0 Å². The monoisotopic (exact) mass is 473 g/mol. The molecular weight excluding hydrogens is 468 g/mol. The number of phenols is 1. The number of nitrogens with one attached hydrogen (secondary N) is 1. The quantitative estimate of drug-likeness (QED) is 0.487. The van der Waals surface area contributed by atoms with Crippen LogP contribution in [0.5, 0.6) is 5.75 Å². The van der Waals surface area contributed by atoms with Crippen LogP contribution >= 0.6 is 56.9 Å². The molecule has 0 unspecified atom stereocenters. The first-order valence-corrected chi connectivity index (χ1v) is 7.37. The number of hydrogen-bond donors (Lipinski definition) is 2. The summed E-state index contributed by atoms with van der Waals surface area (Å²) >= 11 is 4.97. The number of benzene rings is 1. The third-order valence-electron chi connectivity index (χ3n) is 1.99. The highest BCUT2D eigenvalue weighted by Gasteiger charge is 2.25. The van der Waals surface area contributed by atoms with E-state index in [4.69, 9.17) is 0 Å². The Bertz CT molecular complexity index is 557. The predicted molar refractivity (Wildman–Crippen MR) is 82.6 cm³/mol. The fourth-order valence-corrected chi connectivity index (χ4v) is 3.82. The van der Waals surface area contributed by atoms with Gasteiger partial charge in [-0.25, -0.2) is 0 Å². The van der Waals surface area contributed by atoms with Crippen LogP contribution in [0.3, 0.4) is 0 Å². The first-order chi connectivity index (χ1) is 7.97. The van der Waals surface area contributed by atoms with E-state index in [9.17, 15) is 14.7 Å². The zero-order chi connectivity index (χ0) is 12.6. The van der Waals surface area contributed by atoms with Gasteiger partial charge in [0.2, 0.25) is 0 Å². The molecule has 17 heavy (non-hydrogen) atoms. The Labute approximate surface area is 129 Å². The summed E-state index contributed by atoms with van der Waals surface area (Å²) in [5.74, 6) is -0.306. The van der Waals surface area contributed by atoms with E-state index in [1.807, 2.05) is 28.7 Å². The van der Waals surface area contributed by atoms with Crippen molar-refractivity contribution in [3.8, 4) is 5.75 Å². The van der Waals surface area contributed by atoms with E-state index in [1.54, 1.807) is 6.07 Å². The lowest BCUT2D eigenvalue weighted by atomic mass is 10.2. The van der Waals surface area contributed by atoms with Gasteiger partial charge in [0.15, 0.2) is 0 Å². The van der Waals surface area contributed by atoms with Crippen LogP contribution in [0.2, 0.25) is 0 Å².